The third kappa shape index (κ3) is 5.09. The highest BCUT2D eigenvalue weighted by atomic mass is 16.5. The second-order valence-electron chi connectivity index (χ2n) is 6.38. The van der Waals surface area contributed by atoms with Gasteiger partial charge in [0.05, 0.1) is 26.7 Å². The fourth-order valence-electron chi connectivity index (χ4n) is 2.93. The molecule has 1 fully saturated rings. The van der Waals surface area contributed by atoms with Gasteiger partial charge in [-0.3, -0.25) is 14.5 Å². The fraction of sp³-hybridized carbons (Fsp3) is 0.556. The molecule has 1 unspecified atom stereocenters. The van der Waals surface area contributed by atoms with Crippen molar-refractivity contribution in [1.82, 2.24) is 15.5 Å². The van der Waals surface area contributed by atoms with E-state index in [0.717, 1.165) is 5.56 Å². The number of ether oxygens (including phenoxy) is 2. The molecule has 1 aromatic rings. The molecule has 0 radical (unpaired) electrons. The molecule has 0 aliphatic carbocycles. The first-order valence-corrected chi connectivity index (χ1v) is 8.46. The number of methoxy groups -OCH3 is 2. The number of nitrogens with one attached hydrogen (secondary N) is 2. The summed E-state index contributed by atoms with van der Waals surface area (Å²) in [5.41, 5.74) is 0.951. The number of piperazine rings is 1. The average molecular weight is 349 g/mol. The Hall–Kier alpha value is -2.28. The van der Waals surface area contributed by atoms with Crippen LogP contribution in [0.15, 0.2) is 18.2 Å². The Bertz CT molecular complexity index is 618. The van der Waals surface area contributed by atoms with E-state index in [4.69, 9.17) is 9.47 Å². The molecule has 1 heterocycles. The van der Waals surface area contributed by atoms with Crippen LogP contribution in [0.1, 0.15) is 25.8 Å². The Morgan fingerprint density at radius 1 is 1.36 bits per heavy atom. The van der Waals surface area contributed by atoms with Crippen molar-refractivity contribution in [2.45, 2.75) is 38.9 Å². The summed E-state index contributed by atoms with van der Waals surface area (Å²) >= 11 is 0. The summed E-state index contributed by atoms with van der Waals surface area (Å²) in [6.07, 6.45) is 0.141. The fourth-order valence-corrected chi connectivity index (χ4v) is 2.93. The second-order valence-corrected chi connectivity index (χ2v) is 6.38. The maximum Gasteiger partial charge on any atom is 0.237 e. The molecule has 1 aliphatic rings. The first-order valence-electron chi connectivity index (χ1n) is 8.46. The van der Waals surface area contributed by atoms with Gasteiger partial charge in [-0.15, -0.1) is 0 Å². The highest BCUT2D eigenvalue weighted by Gasteiger charge is 2.32. The lowest BCUT2D eigenvalue weighted by Gasteiger charge is -2.35. The van der Waals surface area contributed by atoms with Crippen molar-refractivity contribution < 1.29 is 19.1 Å². The Morgan fingerprint density at radius 3 is 2.76 bits per heavy atom. The Morgan fingerprint density at radius 2 is 2.12 bits per heavy atom. The van der Waals surface area contributed by atoms with E-state index in [1.54, 1.807) is 14.2 Å². The van der Waals surface area contributed by atoms with Gasteiger partial charge in [0.15, 0.2) is 0 Å². The van der Waals surface area contributed by atoms with E-state index in [0.29, 0.717) is 31.1 Å². The standard InChI is InChI=1S/C18H27N3O4/c1-12(2)20-17(22)10-15-18(23)19-7-8-21(15)11-13-5-6-14(24-3)9-16(13)25-4/h5-6,9,12,15H,7-8,10-11H2,1-4H3,(H,19,23)(H,20,22). The van der Waals surface area contributed by atoms with Gasteiger partial charge in [-0.25, -0.2) is 0 Å². The third-order valence-corrected chi connectivity index (χ3v) is 4.14. The van der Waals surface area contributed by atoms with Gasteiger partial charge in [-0.05, 0) is 19.9 Å². The number of carbonyl (C=O) groups excluding carboxylic acids is 2. The van der Waals surface area contributed by atoms with Gasteiger partial charge in [0, 0.05) is 37.3 Å². The Kier molecular flexibility index (Phi) is 6.64. The second kappa shape index (κ2) is 8.71. The lowest BCUT2D eigenvalue weighted by Crippen LogP contribution is -2.56. The summed E-state index contributed by atoms with van der Waals surface area (Å²) in [7, 11) is 3.21. The molecule has 1 atom stereocenters. The molecule has 7 heteroatoms. The summed E-state index contributed by atoms with van der Waals surface area (Å²) in [6.45, 7) is 5.58. The van der Waals surface area contributed by atoms with Crippen LogP contribution in [0.25, 0.3) is 0 Å². The van der Waals surface area contributed by atoms with Crippen molar-refractivity contribution in [1.29, 1.82) is 0 Å². The van der Waals surface area contributed by atoms with Crippen molar-refractivity contribution in [3.05, 3.63) is 23.8 Å². The van der Waals surface area contributed by atoms with Gasteiger partial charge in [-0.2, -0.15) is 0 Å². The van der Waals surface area contributed by atoms with Crippen LogP contribution in [0.2, 0.25) is 0 Å². The van der Waals surface area contributed by atoms with Crippen molar-refractivity contribution >= 4 is 11.8 Å². The largest absolute Gasteiger partial charge is 0.497 e. The summed E-state index contributed by atoms with van der Waals surface area (Å²) in [6, 6.07) is 5.17. The number of amides is 2. The maximum absolute atomic E-state index is 12.3. The topological polar surface area (TPSA) is 79.9 Å². The minimum absolute atomic E-state index is 0.0503. The molecule has 138 valence electrons. The van der Waals surface area contributed by atoms with Gasteiger partial charge in [0.2, 0.25) is 11.8 Å². The number of carbonyl (C=O) groups is 2. The van der Waals surface area contributed by atoms with Crippen LogP contribution in [0.5, 0.6) is 11.5 Å². The summed E-state index contributed by atoms with van der Waals surface area (Å²) in [5.74, 6) is 1.18. The molecule has 2 N–H and O–H groups in total. The highest BCUT2D eigenvalue weighted by Crippen LogP contribution is 2.27. The van der Waals surface area contributed by atoms with Gasteiger partial charge >= 0.3 is 0 Å². The molecule has 2 amide bonds. The molecule has 0 bridgehead atoms. The zero-order chi connectivity index (χ0) is 18.4. The monoisotopic (exact) mass is 349 g/mol. The molecule has 7 nitrogen and oxygen atoms in total. The van der Waals surface area contributed by atoms with Crippen molar-refractivity contribution in [2.75, 3.05) is 27.3 Å². The van der Waals surface area contributed by atoms with Gasteiger partial charge in [-0.1, -0.05) is 6.07 Å². The van der Waals surface area contributed by atoms with E-state index in [1.165, 1.54) is 0 Å². The molecule has 1 aromatic carbocycles. The van der Waals surface area contributed by atoms with E-state index >= 15 is 0 Å². The van der Waals surface area contributed by atoms with Crippen molar-refractivity contribution in [2.24, 2.45) is 0 Å². The number of nitrogens with zero attached hydrogens (tertiary/aromatic N) is 1. The Labute approximate surface area is 148 Å². The van der Waals surface area contributed by atoms with Crippen LogP contribution in [0, 0.1) is 0 Å². The molecule has 0 spiro atoms. The van der Waals surface area contributed by atoms with E-state index in [-0.39, 0.29) is 24.3 Å². The zero-order valence-corrected chi connectivity index (χ0v) is 15.3. The molecule has 1 aliphatic heterocycles. The normalized spacial score (nSPS) is 18.0. The van der Waals surface area contributed by atoms with Crippen LogP contribution in [-0.4, -0.2) is 56.1 Å². The average Bonchev–Trinajstić information content (AvgIpc) is 2.57. The van der Waals surface area contributed by atoms with E-state index in [1.807, 2.05) is 36.9 Å². The lowest BCUT2D eigenvalue weighted by atomic mass is 10.1. The quantitative estimate of drug-likeness (QED) is 0.765. The summed E-state index contributed by atoms with van der Waals surface area (Å²) < 4.78 is 10.7. The lowest BCUT2D eigenvalue weighted by molar-refractivity contribution is -0.134. The molecule has 1 saturated heterocycles. The molecule has 2 rings (SSSR count). The predicted octanol–water partition coefficient (Wildman–Crippen LogP) is 0.919. The molecule has 0 aromatic heterocycles. The SMILES string of the molecule is COc1ccc(CN2CCNC(=O)C2CC(=O)NC(C)C)c(OC)c1. The van der Waals surface area contributed by atoms with Crippen LogP contribution in [-0.2, 0) is 16.1 Å². The zero-order valence-electron chi connectivity index (χ0n) is 15.3. The van der Waals surface area contributed by atoms with E-state index in [2.05, 4.69) is 10.6 Å². The van der Waals surface area contributed by atoms with Crippen LogP contribution >= 0.6 is 0 Å². The molecular weight excluding hydrogens is 322 g/mol. The first kappa shape index (κ1) is 19.1. The van der Waals surface area contributed by atoms with Gasteiger partial charge < -0.3 is 20.1 Å². The Balaban J connectivity index is 2.14. The van der Waals surface area contributed by atoms with Crippen LogP contribution in [0.3, 0.4) is 0 Å². The predicted molar refractivity (Wildman–Crippen MR) is 94.6 cm³/mol. The molecular formula is C18H27N3O4. The van der Waals surface area contributed by atoms with Gasteiger partial charge in [0.25, 0.3) is 0 Å². The number of benzene rings is 1. The van der Waals surface area contributed by atoms with Crippen molar-refractivity contribution in [3.8, 4) is 11.5 Å². The maximum atomic E-state index is 12.3. The highest BCUT2D eigenvalue weighted by molar-refractivity contribution is 5.88. The minimum Gasteiger partial charge on any atom is -0.497 e. The van der Waals surface area contributed by atoms with Gasteiger partial charge in [0.1, 0.15) is 11.5 Å². The first-order chi connectivity index (χ1) is 11.9. The smallest absolute Gasteiger partial charge is 0.237 e. The molecule has 25 heavy (non-hydrogen) atoms. The molecule has 0 saturated carbocycles. The van der Waals surface area contributed by atoms with E-state index < -0.39 is 6.04 Å². The third-order valence-electron chi connectivity index (χ3n) is 4.14. The summed E-state index contributed by atoms with van der Waals surface area (Å²) in [5, 5.41) is 5.69. The summed E-state index contributed by atoms with van der Waals surface area (Å²) in [4.78, 5) is 26.4. The van der Waals surface area contributed by atoms with E-state index in [9.17, 15) is 9.59 Å². The number of hydrogen-bond donors (Lipinski definition) is 2. The number of rotatable bonds is 7. The minimum atomic E-state index is -0.487. The number of hydrogen-bond acceptors (Lipinski definition) is 5. The van der Waals surface area contributed by atoms with Crippen molar-refractivity contribution in [3.63, 3.8) is 0 Å². The van der Waals surface area contributed by atoms with Crippen LogP contribution < -0.4 is 20.1 Å². The van der Waals surface area contributed by atoms with Crippen LogP contribution in [0.4, 0.5) is 0 Å².